The highest BCUT2D eigenvalue weighted by Gasteiger charge is 2.18. The van der Waals surface area contributed by atoms with Gasteiger partial charge in [-0.2, -0.15) is 0 Å². The first-order valence-corrected chi connectivity index (χ1v) is 12.9. The highest BCUT2D eigenvalue weighted by molar-refractivity contribution is 6.30. The van der Waals surface area contributed by atoms with Crippen LogP contribution in [0.25, 0.3) is 11.1 Å². The van der Waals surface area contributed by atoms with Crippen LogP contribution < -0.4 is 20.4 Å². The minimum atomic E-state index is -0.288. The summed E-state index contributed by atoms with van der Waals surface area (Å²) in [6.07, 6.45) is 1.25. The maximum atomic E-state index is 13.2. The normalized spacial score (nSPS) is 10.4. The van der Waals surface area contributed by atoms with Crippen molar-refractivity contribution in [1.29, 1.82) is 0 Å². The van der Waals surface area contributed by atoms with Crippen molar-refractivity contribution in [2.75, 3.05) is 31.7 Å². The Morgan fingerprint density at radius 1 is 1.08 bits per heavy atom. The third-order valence-electron chi connectivity index (χ3n) is 5.70. The molecule has 0 saturated carbocycles. The van der Waals surface area contributed by atoms with Gasteiger partial charge in [-0.3, -0.25) is 9.59 Å². The standard InChI is InChI=1S/C26H30ClN3O4.C3H8/c1-5-30(4)23-14-19(18-6-8-20(9-7-18)34-11-10-31)13-21(17(23)3)26(33)28-15-22-24(32)12-16(2)29-25(22)27;1-3-2/h6-9,12-14,31H,5,10-11,15H2,1-4H3,(H,28,33)(H,29,32);3H2,1-2H3. The largest absolute Gasteiger partial charge is 0.491 e. The van der Waals surface area contributed by atoms with Crippen LogP contribution in [0.1, 0.15) is 54.4 Å². The second-order valence-electron chi connectivity index (χ2n) is 8.78. The number of aryl methyl sites for hydroxylation is 1. The maximum absolute atomic E-state index is 13.2. The summed E-state index contributed by atoms with van der Waals surface area (Å²) in [5.74, 6) is 0.373. The van der Waals surface area contributed by atoms with Crippen molar-refractivity contribution in [3.8, 4) is 16.9 Å². The lowest BCUT2D eigenvalue weighted by atomic mass is 9.96. The lowest BCUT2D eigenvalue weighted by Crippen LogP contribution is -2.28. The average Bonchev–Trinajstić information content (AvgIpc) is 2.87. The molecule has 3 rings (SSSR count). The van der Waals surface area contributed by atoms with Crippen molar-refractivity contribution >= 4 is 23.2 Å². The smallest absolute Gasteiger partial charge is 0.251 e. The topological polar surface area (TPSA) is 94.7 Å². The quantitative estimate of drug-likeness (QED) is 0.320. The number of carbonyl (C=O) groups is 1. The number of aliphatic hydroxyl groups is 1. The van der Waals surface area contributed by atoms with Crippen LogP contribution in [0.5, 0.6) is 5.75 Å². The van der Waals surface area contributed by atoms with Crippen LogP contribution in [0, 0.1) is 13.8 Å². The van der Waals surface area contributed by atoms with Crippen LogP contribution in [0.3, 0.4) is 0 Å². The van der Waals surface area contributed by atoms with Crippen molar-refractivity contribution < 1.29 is 14.6 Å². The van der Waals surface area contributed by atoms with Crippen molar-refractivity contribution in [1.82, 2.24) is 10.3 Å². The van der Waals surface area contributed by atoms with E-state index in [-0.39, 0.29) is 36.2 Å². The van der Waals surface area contributed by atoms with E-state index in [1.165, 1.54) is 12.5 Å². The predicted octanol–water partition coefficient (Wildman–Crippen LogP) is 5.49. The average molecular weight is 528 g/mol. The Labute approximate surface area is 224 Å². The van der Waals surface area contributed by atoms with Crippen molar-refractivity contribution in [2.24, 2.45) is 0 Å². The van der Waals surface area contributed by atoms with E-state index in [0.717, 1.165) is 28.9 Å². The number of hydrogen-bond acceptors (Lipinski definition) is 5. The summed E-state index contributed by atoms with van der Waals surface area (Å²) in [7, 11) is 1.98. The Balaban J connectivity index is 0.00000153. The Hall–Kier alpha value is -3.29. The Kier molecular flexibility index (Phi) is 11.7. The monoisotopic (exact) mass is 527 g/mol. The number of pyridine rings is 1. The van der Waals surface area contributed by atoms with Crippen molar-refractivity contribution in [3.05, 3.63) is 80.2 Å². The number of H-pyrrole nitrogens is 1. The zero-order valence-electron chi connectivity index (χ0n) is 22.6. The van der Waals surface area contributed by atoms with Gasteiger partial charge in [-0.05, 0) is 61.7 Å². The number of rotatable bonds is 9. The molecule has 3 N–H and O–H groups in total. The molecule has 3 aromatic rings. The molecule has 0 aliphatic heterocycles. The number of halogens is 1. The molecule has 8 heteroatoms. The van der Waals surface area contributed by atoms with E-state index in [4.69, 9.17) is 21.4 Å². The summed E-state index contributed by atoms with van der Waals surface area (Å²) >= 11 is 6.19. The highest BCUT2D eigenvalue weighted by Crippen LogP contribution is 2.31. The van der Waals surface area contributed by atoms with Gasteiger partial charge in [0.15, 0.2) is 5.43 Å². The van der Waals surface area contributed by atoms with Gasteiger partial charge in [0.05, 0.1) is 12.2 Å². The van der Waals surface area contributed by atoms with E-state index >= 15 is 0 Å². The second-order valence-corrected chi connectivity index (χ2v) is 9.16. The van der Waals surface area contributed by atoms with E-state index < -0.39 is 0 Å². The molecule has 2 aromatic carbocycles. The molecule has 0 aliphatic rings. The third-order valence-corrected chi connectivity index (χ3v) is 6.02. The zero-order valence-corrected chi connectivity index (χ0v) is 23.3. The molecular weight excluding hydrogens is 490 g/mol. The second kappa shape index (κ2) is 14.4. The minimum absolute atomic E-state index is 0.0206. The van der Waals surface area contributed by atoms with Gasteiger partial charge in [0.25, 0.3) is 5.91 Å². The zero-order chi connectivity index (χ0) is 27.5. The number of ether oxygens (including phenoxy) is 1. The van der Waals surface area contributed by atoms with E-state index in [1.54, 1.807) is 6.92 Å². The molecule has 0 spiro atoms. The van der Waals surface area contributed by atoms with Gasteiger partial charge in [-0.25, -0.2) is 0 Å². The molecule has 0 fully saturated rings. The molecule has 1 aromatic heterocycles. The molecule has 0 aliphatic carbocycles. The number of aromatic amines is 1. The highest BCUT2D eigenvalue weighted by atomic mass is 35.5. The summed E-state index contributed by atoms with van der Waals surface area (Å²) in [5.41, 5.74) is 4.87. The van der Waals surface area contributed by atoms with E-state index in [0.29, 0.717) is 22.6 Å². The molecule has 0 unspecified atom stereocenters. The summed E-state index contributed by atoms with van der Waals surface area (Å²) in [6, 6.07) is 12.9. The SMILES string of the molecule is CCC.CCN(C)c1cc(-c2ccc(OCCO)cc2)cc(C(=O)NCc2c(Cl)[nH]c(C)cc2=O)c1C. The van der Waals surface area contributed by atoms with Crippen LogP contribution in [0.4, 0.5) is 5.69 Å². The van der Waals surface area contributed by atoms with Crippen LogP contribution >= 0.6 is 11.6 Å². The van der Waals surface area contributed by atoms with Gasteiger partial charge < -0.3 is 25.0 Å². The van der Waals surface area contributed by atoms with Crippen molar-refractivity contribution in [2.45, 2.75) is 47.6 Å². The third kappa shape index (κ3) is 8.10. The molecule has 200 valence electrons. The molecular formula is C29H38ClN3O4. The maximum Gasteiger partial charge on any atom is 0.251 e. The molecule has 1 amide bonds. The fraction of sp³-hybridized carbons (Fsp3) is 0.379. The Morgan fingerprint density at radius 2 is 1.73 bits per heavy atom. The summed E-state index contributed by atoms with van der Waals surface area (Å²) in [6.45, 7) is 10.9. The van der Waals surface area contributed by atoms with Crippen LogP contribution in [-0.2, 0) is 6.54 Å². The number of amides is 1. The first kappa shape index (κ1) is 29.9. The molecule has 1 heterocycles. The number of nitrogens with zero attached hydrogens (tertiary/aromatic N) is 1. The number of aromatic nitrogens is 1. The van der Waals surface area contributed by atoms with Crippen molar-refractivity contribution in [3.63, 3.8) is 0 Å². The molecule has 37 heavy (non-hydrogen) atoms. The molecule has 0 bridgehead atoms. The number of hydrogen-bond donors (Lipinski definition) is 3. The van der Waals surface area contributed by atoms with Gasteiger partial charge in [-0.1, -0.05) is 44.0 Å². The number of nitrogens with one attached hydrogen (secondary N) is 2. The first-order chi connectivity index (χ1) is 17.7. The van der Waals surface area contributed by atoms with Gasteiger partial charge in [-0.15, -0.1) is 0 Å². The fourth-order valence-electron chi connectivity index (χ4n) is 3.68. The minimum Gasteiger partial charge on any atom is -0.491 e. The lowest BCUT2D eigenvalue weighted by molar-refractivity contribution is 0.0950. The van der Waals surface area contributed by atoms with Crippen LogP contribution in [0.2, 0.25) is 5.15 Å². The number of anilines is 1. The van der Waals surface area contributed by atoms with E-state index in [2.05, 4.69) is 35.1 Å². The Bertz CT molecular complexity index is 1240. The van der Waals surface area contributed by atoms with Gasteiger partial charge >= 0.3 is 0 Å². The van der Waals surface area contributed by atoms with Gasteiger partial charge in [0.2, 0.25) is 0 Å². The predicted molar refractivity (Wildman–Crippen MR) is 152 cm³/mol. The molecule has 7 nitrogen and oxygen atoms in total. The first-order valence-electron chi connectivity index (χ1n) is 12.5. The molecule has 0 saturated heterocycles. The van der Waals surface area contributed by atoms with E-state index in [9.17, 15) is 9.59 Å². The number of carbonyl (C=O) groups excluding carboxylic acids is 1. The molecule has 0 atom stereocenters. The van der Waals surface area contributed by atoms with Crippen LogP contribution in [-0.4, -0.2) is 42.8 Å². The fourth-order valence-corrected chi connectivity index (χ4v) is 3.99. The lowest BCUT2D eigenvalue weighted by Gasteiger charge is -2.23. The number of aliphatic hydroxyl groups excluding tert-OH is 1. The van der Waals surface area contributed by atoms with Gasteiger partial charge in [0.1, 0.15) is 17.5 Å². The Morgan fingerprint density at radius 3 is 2.30 bits per heavy atom. The summed E-state index contributed by atoms with van der Waals surface area (Å²) in [4.78, 5) is 30.5. The summed E-state index contributed by atoms with van der Waals surface area (Å²) in [5, 5.41) is 12.0. The molecule has 0 radical (unpaired) electrons. The van der Waals surface area contributed by atoms with Crippen LogP contribution in [0.15, 0.2) is 47.3 Å². The van der Waals surface area contributed by atoms with Gasteiger partial charge in [0, 0.05) is 43.1 Å². The number of benzene rings is 2. The van der Waals surface area contributed by atoms with E-state index in [1.807, 2.05) is 51.2 Å². The summed E-state index contributed by atoms with van der Waals surface area (Å²) < 4.78 is 5.45.